The van der Waals surface area contributed by atoms with Crippen molar-refractivity contribution in [2.75, 3.05) is 0 Å². The number of carboxylic acids is 1. The molecule has 3 rings (SSSR count). The van der Waals surface area contributed by atoms with Gasteiger partial charge in [-0.2, -0.15) is 0 Å². The fourth-order valence-corrected chi connectivity index (χ4v) is 4.44. The van der Waals surface area contributed by atoms with E-state index in [4.69, 9.17) is 0 Å². The maximum Gasteiger partial charge on any atom is 0.322 e. The topological polar surface area (TPSA) is 49.3 Å². The average Bonchev–Trinajstić information content (AvgIpc) is 2.91. The van der Waals surface area contributed by atoms with E-state index in [0.29, 0.717) is 0 Å². The molecule has 1 unspecified atom stereocenters. The van der Waals surface area contributed by atoms with Crippen molar-refractivity contribution in [1.82, 2.24) is 5.32 Å². The van der Waals surface area contributed by atoms with Gasteiger partial charge in [0.05, 0.1) is 5.37 Å². The van der Waals surface area contributed by atoms with E-state index in [0.717, 1.165) is 6.42 Å². The second-order valence-corrected chi connectivity index (χ2v) is 7.68. The molecule has 1 aromatic rings. The van der Waals surface area contributed by atoms with Gasteiger partial charge in [0.2, 0.25) is 0 Å². The number of aliphatic carboxylic acids is 1. The maximum absolute atomic E-state index is 11.3. The van der Waals surface area contributed by atoms with Gasteiger partial charge in [-0.1, -0.05) is 18.2 Å². The molecular formula is C15H19NO2S. The Morgan fingerprint density at radius 1 is 1.37 bits per heavy atom. The first-order chi connectivity index (χ1) is 8.97. The molecule has 0 amide bonds. The summed E-state index contributed by atoms with van der Waals surface area (Å²) in [7, 11) is 0. The van der Waals surface area contributed by atoms with Crippen LogP contribution in [0.2, 0.25) is 0 Å². The van der Waals surface area contributed by atoms with Crippen molar-refractivity contribution in [3.05, 3.63) is 34.9 Å². The molecule has 2 N–H and O–H groups in total. The van der Waals surface area contributed by atoms with Gasteiger partial charge in [0, 0.05) is 4.75 Å². The number of thioether (sulfide) groups is 1. The van der Waals surface area contributed by atoms with Crippen LogP contribution in [0.3, 0.4) is 0 Å². The normalized spacial score (nSPS) is 28.3. The monoisotopic (exact) mass is 277 g/mol. The second-order valence-electron chi connectivity index (χ2n) is 5.92. The second kappa shape index (κ2) is 4.53. The Morgan fingerprint density at radius 2 is 2.11 bits per heavy atom. The van der Waals surface area contributed by atoms with Crippen molar-refractivity contribution in [3.63, 3.8) is 0 Å². The molecule has 1 aromatic carbocycles. The summed E-state index contributed by atoms with van der Waals surface area (Å²) in [6.45, 7) is 3.99. The number of carbonyl (C=O) groups is 1. The zero-order valence-corrected chi connectivity index (χ0v) is 12.1. The lowest BCUT2D eigenvalue weighted by molar-refractivity contribution is -0.139. The highest BCUT2D eigenvalue weighted by Gasteiger charge is 2.45. The molecular weight excluding hydrogens is 258 g/mol. The number of carboxylic acid groups (broad SMARTS) is 1. The largest absolute Gasteiger partial charge is 0.480 e. The van der Waals surface area contributed by atoms with E-state index in [-0.39, 0.29) is 10.1 Å². The number of nitrogens with one attached hydrogen (secondary N) is 1. The van der Waals surface area contributed by atoms with Crippen LogP contribution in [0.25, 0.3) is 0 Å². The Morgan fingerprint density at radius 3 is 2.79 bits per heavy atom. The zero-order valence-electron chi connectivity index (χ0n) is 11.3. The number of fused-ring (bicyclic) bond motifs is 1. The number of rotatable bonds is 2. The predicted octanol–water partition coefficient (Wildman–Crippen LogP) is 2.74. The van der Waals surface area contributed by atoms with E-state index in [1.165, 1.54) is 29.5 Å². The number of hydrogen-bond donors (Lipinski definition) is 2. The highest BCUT2D eigenvalue weighted by Crippen LogP contribution is 2.46. The van der Waals surface area contributed by atoms with Gasteiger partial charge >= 0.3 is 5.97 Å². The molecule has 1 fully saturated rings. The fraction of sp³-hybridized carbons (Fsp3) is 0.533. The van der Waals surface area contributed by atoms with Crippen molar-refractivity contribution in [2.24, 2.45) is 0 Å². The van der Waals surface area contributed by atoms with Crippen molar-refractivity contribution >= 4 is 17.7 Å². The Bertz CT molecular complexity index is 527. The minimum Gasteiger partial charge on any atom is -0.480 e. The van der Waals surface area contributed by atoms with Crippen LogP contribution < -0.4 is 5.32 Å². The molecule has 0 aromatic heterocycles. The van der Waals surface area contributed by atoms with E-state index in [1.54, 1.807) is 11.8 Å². The van der Waals surface area contributed by atoms with Crippen molar-refractivity contribution < 1.29 is 9.90 Å². The van der Waals surface area contributed by atoms with Gasteiger partial charge in [-0.3, -0.25) is 10.1 Å². The average molecular weight is 277 g/mol. The van der Waals surface area contributed by atoms with Crippen LogP contribution in [-0.4, -0.2) is 21.9 Å². The molecule has 1 aliphatic carbocycles. The van der Waals surface area contributed by atoms with Crippen LogP contribution >= 0.6 is 11.8 Å². The van der Waals surface area contributed by atoms with Crippen LogP contribution in [0.4, 0.5) is 0 Å². The van der Waals surface area contributed by atoms with Gasteiger partial charge in [0.15, 0.2) is 0 Å². The lowest BCUT2D eigenvalue weighted by Crippen LogP contribution is -2.43. The molecule has 1 aliphatic heterocycles. The summed E-state index contributed by atoms with van der Waals surface area (Å²) in [5, 5.41) is 12.6. The molecule has 1 saturated heterocycles. The molecule has 0 saturated carbocycles. The third-order valence-corrected chi connectivity index (χ3v) is 5.59. The van der Waals surface area contributed by atoms with E-state index < -0.39 is 12.0 Å². The minimum atomic E-state index is -0.763. The third kappa shape index (κ3) is 2.28. The Hall–Kier alpha value is -1.00. The summed E-state index contributed by atoms with van der Waals surface area (Å²) in [6.07, 6.45) is 3.59. The predicted molar refractivity (Wildman–Crippen MR) is 77.4 cm³/mol. The van der Waals surface area contributed by atoms with Gasteiger partial charge in [-0.25, -0.2) is 0 Å². The molecule has 1 heterocycles. The quantitative estimate of drug-likeness (QED) is 0.872. The first-order valence-electron chi connectivity index (χ1n) is 6.76. The molecule has 4 heteroatoms. The molecule has 0 bridgehead atoms. The van der Waals surface area contributed by atoms with E-state index in [9.17, 15) is 9.90 Å². The van der Waals surface area contributed by atoms with Gasteiger partial charge in [-0.15, -0.1) is 11.8 Å². The van der Waals surface area contributed by atoms with Crippen LogP contribution in [0, 0.1) is 0 Å². The molecule has 19 heavy (non-hydrogen) atoms. The standard InChI is InChI=1S/C15H19NO2S/c1-15(2)12(14(17)18)16-13(19-15)11-7-6-9-4-3-5-10(9)8-11/h6-8,12-13,16H,3-5H2,1-2H3,(H,17,18)/t12-,13?/m0/s1. The lowest BCUT2D eigenvalue weighted by Gasteiger charge is -2.20. The first-order valence-corrected chi connectivity index (χ1v) is 7.64. The lowest BCUT2D eigenvalue weighted by atomic mass is 10.0. The Kier molecular flexibility index (Phi) is 3.10. The van der Waals surface area contributed by atoms with Crippen molar-refractivity contribution in [2.45, 2.75) is 49.3 Å². The van der Waals surface area contributed by atoms with Gasteiger partial charge in [0.1, 0.15) is 6.04 Å². The summed E-state index contributed by atoms with van der Waals surface area (Å²) >= 11 is 1.71. The summed E-state index contributed by atoms with van der Waals surface area (Å²) in [5.74, 6) is -0.763. The van der Waals surface area contributed by atoms with Crippen LogP contribution in [0.1, 0.15) is 42.3 Å². The fourth-order valence-electron chi connectivity index (χ4n) is 3.05. The van der Waals surface area contributed by atoms with Crippen LogP contribution in [0.5, 0.6) is 0 Å². The third-order valence-electron chi connectivity index (χ3n) is 4.11. The van der Waals surface area contributed by atoms with Crippen LogP contribution in [-0.2, 0) is 17.6 Å². The highest BCUT2D eigenvalue weighted by atomic mass is 32.2. The summed E-state index contributed by atoms with van der Waals surface area (Å²) in [6, 6.07) is 6.12. The Labute approximate surface area is 117 Å². The van der Waals surface area contributed by atoms with Crippen LogP contribution in [0.15, 0.2) is 18.2 Å². The Balaban J connectivity index is 1.86. The molecule has 0 spiro atoms. The van der Waals surface area contributed by atoms with E-state index >= 15 is 0 Å². The number of aryl methyl sites for hydroxylation is 2. The van der Waals surface area contributed by atoms with Gasteiger partial charge in [0.25, 0.3) is 0 Å². The zero-order chi connectivity index (χ0) is 13.6. The molecule has 102 valence electrons. The van der Waals surface area contributed by atoms with Crippen molar-refractivity contribution in [3.8, 4) is 0 Å². The van der Waals surface area contributed by atoms with Crippen molar-refractivity contribution in [1.29, 1.82) is 0 Å². The summed E-state index contributed by atoms with van der Waals surface area (Å²) < 4.78 is -0.282. The smallest absolute Gasteiger partial charge is 0.322 e. The summed E-state index contributed by atoms with van der Waals surface area (Å²) in [5.41, 5.74) is 4.11. The maximum atomic E-state index is 11.3. The minimum absolute atomic E-state index is 0.0852. The molecule has 2 atom stereocenters. The van der Waals surface area contributed by atoms with Gasteiger partial charge < -0.3 is 5.11 Å². The van der Waals surface area contributed by atoms with E-state index in [1.807, 2.05) is 13.8 Å². The number of hydrogen-bond acceptors (Lipinski definition) is 3. The molecule has 0 radical (unpaired) electrons. The molecule has 3 nitrogen and oxygen atoms in total. The van der Waals surface area contributed by atoms with Gasteiger partial charge in [-0.05, 0) is 49.8 Å². The summed E-state index contributed by atoms with van der Waals surface area (Å²) in [4.78, 5) is 11.3. The first kappa shape index (κ1) is 13.0. The SMILES string of the molecule is CC1(C)SC(c2ccc3c(c2)CCC3)N[C@H]1C(=O)O. The van der Waals surface area contributed by atoms with E-state index in [2.05, 4.69) is 23.5 Å². The highest BCUT2D eigenvalue weighted by molar-refractivity contribution is 8.01. The molecule has 2 aliphatic rings. The number of benzene rings is 1.